The minimum absolute atomic E-state index is 0.150. The van der Waals surface area contributed by atoms with Crippen molar-refractivity contribution in [3.8, 4) is 5.75 Å². The number of hydrogen-bond donors (Lipinski definition) is 1. The third-order valence-corrected chi connectivity index (χ3v) is 1.60. The Morgan fingerprint density at radius 2 is 2.21 bits per heavy atom. The molecule has 0 aliphatic carbocycles. The van der Waals surface area contributed by atoms with Crippen molar-refractivity contribution in [1.29, 1.82) is 0 Å². The normalized spacial score (nSPS) is 10.6. The third kappa shape index (κ3) is 1.76. The van der Waals surface area contributed by atoms with Crippen LogP contribution in [0, 0.1) is 17.0 Å². The summed E-state index contributed by atoms with van der Waals surface area (Å²) in [5.74, 6) is -0.864. The quantitative estimate of drug-likeness (QED) is 0.589. The lowest BCUT2D eigenvalue weighted by atomic mass is 10.2. The van der Waals surface area contributed by atoms with Crippen LogP contribution in [0.2, 0.25) is 0 Å². The molecule has 0 aromatic carbocycles. The summed E-state index contributed by atoms with van der Waals surface area (Å²) < 4.78 is 24.3. The van der Waals surface area contributed by atoms with Crippen LogP contribution >= 0.6 is 0 Å². The first kappa shape index (κ1) is 10.3. The highest BCUT2D eigenvalue weighted by atomic mass is 19.3. The van der Waals surface area contributed by atoms with E-state index in [0.29, 0.717) is 6.07 Å². The Kier molecular flexibility index (Phi) is 2.59. The fraction of sp³-hybridized carbons (Fsp3) is 0.286. The SMILES string of the molecule is Cc1nc(C(F)F)c(O)cc1[N+](=O)[O-]. The molecule has 0 amide bonds. The number of alkyl halides is 2. The highest BCUT2D eigenvalue weighted by Crippen LogP contribution is 2.30. The van der Waals surface area contributed by atoms with Crippen molar-refractivity contribution in [3.05, 3.63) is 27.6 Å². The van der Waals surface area contributed by atoms with E-state index in [-0.39, 0.29) is 5.69 Å². The molecule has 1 N–H and O–H groups in total. The van der Waals surface area contributed by atoms with Gasteiger partial charge in [0.05, 0.1) is 11.0 Å². The molecule has 0 radical (unpaired) electrons. The molecule has 1 aromatic rings. The maximum atomic E-state index is 12.1. The average Bonchev–Trinajstić information content (AvgIpc) is 2.07. The first-order chi connectivity index (χ1) is 6.43. The van der Waals surface area contributed by atoms with Crippen LogP contribution in [0.25, 0.3) is 0 Å². The lowest BCUT2D eigenvalue weighted by molar-refractivity contribution is -0.385. The smallest absolute Gasteiger partial charge is 0.294 e. The van der Waals surface area contributed by atoms with Crippen molar-refractivity contribution in [1.82, 2.24) is 4.98 Å². The Morgan fingerprint density at radius 3 is 2.64 bits per heavy atom. The molecule has 1 aromatic heterocycles. The summed E-state index contributed by atoms with van der Waals surface area (Å²) in [6, 6.07) is 0.670. The van der Waals surface area contributed by atoms with Crippen molar-refractivity contribution in [3.63, 3.8) is 0 Å². The molecule has 1 heterocycles. The van der Waals surface area contributed by atoms with E-state index in [9.17, 15) is 18.9 Å². The number of rotatable bonds is 2. The summed E-state index contributed by atoms with van der Waals surface area (Å²) >= 11 is 0. The lowest BCUT2D eigenvalue weighted by Gasteiger charge is -2.03. The van der Waals surface area contributed by atoms with Crippen molar-refractivity contribution >= 4 is 5.69 Å². The van der Waals surface area contributed by atoms with Gasteiger partial charge in [0.15, 0.2) is 0 Å². The molecule has 0 aliphatic rings. The maximum absolute atomic E-state index is 12.1. The van der Waals surface area contributed by atoms with Gasteiger partial charge in [-0.1, -0.05) is 0 Å². The monoisotopic (exact) mass is 204 g/mol. The summed E-state index contributed by atoms with van der Waals surface area (Å²) in [4.78, 5) is 12.8. The van der Waals surface area contributed by atoms with Crippen LogP contribution in [0.15, 0.2) is 6.07 Å². The van der Waals surface area contributed by atoms with Gasteiger partial charge >= 0.3 is 0 Å². The molecule has 0 saturated heterocycles. The lowest BCUT2D eigenvalue weighted by Crippen LogP contribution is -1.99. The predicted octanol–water partition coefficient (Wildman–Crippen LogP) is 1.94. The minimum atomic E-state index is -2.95. The number of aromatic hydroxyl groups is 1. The van der Waals surface area contributed by atoms with Gasteiger partial charge in [-0.3, -0.25) is 10.1 Å². The van der Waals surface area contributed by atoms with E-state index in [1.165, 1.54) is 6.92 Å². The highest BCUT2D eigenvalue weighted by molar-refractivity contribution is 5.43. The van der Waals surface area contributed by atoms with E-state index < -0.39 is 28.5 Å². The Hall–Kier alpha value is -1.79. The van der Waals surface area contributed by atoms with Crippen LogP contribution in [0.3, 0.4) is 0 Å². The van der Waals surface area contributed by atoms with Crippen LogP contribution < -0.4 is 0 Å². The second-order valence-corrected chi connectivity index (χ2v) is 2.56. The van der Waals surface area contributed by atoms with Gasteiger partial charge in [-0.2, -0.15) is 0 Å². The van der Waals surface area contributed by atoms with E-state index in [4.69, 9.17) is 5.11 Å². The summed E-state index contributed by atoms with van der Waals surface area (Å²) in [6.07, 6.45) is -2.95. The second-order valence-electron chi connectivity index (χ2n) is 2.56. The van der Waals surface area contributed by atoms with E-state index in [1.54, 1.807) is 0 Å². The molecule has 0 bridgehead atoms. The standard InChI is InChI=1S/C7H6F2N2O3/c1-3-4(11(13)14)2-5(12)6(10-3)7(8)9/h2,7,12H,1H3. The number of nitro groups is 1. The molecule has 76 valence electrons. The zero-order valence-corrected chi connectivity index (χ0v) is 7.07. The van der Waals surface area contributed by atoms with Gasteiger partial charge in [-0.15, -0.1) is 0 Å². The Labute approximate surface area is 77.2 Å². The van der Waals surface area contributed by atoms with Gasteiger partial charge in [-0.05, 0) is 6.92 Å². The summed E-state index contributed by atoms with van der Waals surface area (Å²) in [5.41, 5.74) is -1.47. The van der Waals surface area contributed by atoms with Crippen LogP contribution in [0.1, 0.15) is 17.8 Å². The summed E-state index contributed by atoms with van der Waals surface area (Å²) in [7, 11) is 0. The first-order valence-corrected chi connectivity index (χ1v) is 3.56. The Bertz CT molecular complexity index is 381. The molecule has 0 atom stereocenters. The number of hydrogen-bond acceptors (Lipinski definition) is 4. The zero-order valence-electron chi connectivity index (χ0n) is 7.07. The van der Waals surface area contributed by atoms with Gasteiger partial charge in [0, 0.05) is 0 Å². The fourth-order valence-corrected chi connectivity index (χ4v) is 0.949. The molecule has 1 rings (SSSR count). The fourth-order valence-electron chi connectivity index (χ4n) is 0.949. The Morgan fingerprint density at radius 1 is 1.64 bits per heavy atom. The topological polar surface area (TPSA) is 76.3 Å². The molecule has 0 unspecified atom stereocenters. The molecule has 0 aliphatic heterocycles. The van der Waals surface area contributed by atoms with Crippen LogP contribution in [-0.4, -0.2) is 15.0 Å². The van der Waals surface area contributed by atoms with Crippen LogP contribution in [0.4, 0.5) is 14.5 Å². The third-order valence-electron chi connectivity index (χ3n) is 1.60. The van der Waals surface area contributed by atoms with Gasteiger partial charge < -0.3 is 5.11 Å². The maximum Gasteiger partial charge on any atom is 0.294 e. The van der Waals surface area contributed by atoms with Crippen molar-refractivity contribution in [2.75, 3.05) is 0 Å². The number of pyridine rings is 1. The largest absolute Gasteiger partial charge is 0.506 e. The van der Waals surface area contributed by atoms with E-state index in [1.807, 2.05) is 0 Å². The van der Waals surface area contributed by atoms with E-state index >= 15 is 0 Å². The van der Waals surface area contributed by atoms with Crippen molar-refractivity contribution in [2.45, 2.75) is 13.3 Å². The number of aryl methyl sites for hydroxylation is 1. The van der Waals surface area contributed by atoms with Gasteiger partial charge in [0.2, 0.25) is 0 Å². The first-order valence-electron chi connectivity index (χ1n) is 3.56. The van der Waals surface area contributed by atoms with Gasteiger partial charge in [0.25, 0.3) is 12.1 Å². The van der Waals surface area contributed by atoms with Crippen LogP contribution in [-0.2, 0) is 0 Å². The molecule has 0 spiro atoms. The molecule has 5 nitrogen and oxygen atoms in total. The zero-order chi connectivity index (χ0) is 10.9. The molecule has 0 fully saturated rings. The number of nitrogens with zero attached hydrogens (tertiary/aromatic N) is 2. The summed E-state index contributed by atoms with van der Waals surface area (Å²) in [6.45, 7) is 1.23. The van der Waals surface area contributed by atoms with Gasteiger partial charge in [-0.25, -0.2) is 13.8 Å². The van der Waals surface area contributed by atoms with E-state index in [0.717, 1.165) is 0 Å². The minimum Gasteiger partial charge on any atom is -0.506 e. The van der Waals surface area contributed by atoms with Crippen LogP contribution in [0.5, 0.6) is 5.75 Å². The molecular formula is C7H6F2N2O3. The van der Waals surface area contributed by atoms with Crippen molar-refractivity contribution in [2.24, 2.45) is 0 Å². The molecular weight excluding hydrogens is 198 g/mol. The Balaban J connectivity index is 3.31. The van der Waals surface area contributed by atoms with Crippen molar-refractivity contribution < 1.29 is 18.8 Å². The highest BCUT2D eigenvalue weighted by Gasteiger charge is 2.21. The molecule has 0 saturated carbocycles. The number of aromatic nitrogens is 1. The molecule has 14 heavy (non-hydrogen) atoms. The second kappa shape index (κ2) is 3.52. The van der Waals surface area contributed by atoms with E-state index in [2.05, 4.69) is 4.98 Å². The average molecular weight is 204 g/mol. The number of halogens is 2. The summed E-state index contributed by atoms with van der Waals surface area (Å²) in [5, 5.41) is 19.3. The van der Waals surface area contributed by atoms with Gasteiger partial charge in [0.1, 0.15) is 17.1 Å². The predicted molar refractivity (Wildman–Crippen MR) is 42.3 cm³/mol. The molecule has 7 heteroatoms.